The van der Waals surface area contributed by atoms with Gasteiger partial charge in [-0.25, -0.2) is 18.1 Å². The zero-order valence-electron chi connectivity index (χ0n) is 14.2. The van der Waals surface area contributed by atoms with Crippen molar-refractivity contribution in [1.29, 1.82) is 0 Å². The number of halogens is 4. The molecule has 28 heavy (non-hydrogen) atoms. The van der Waals surface area contributed by atoms with Crippen LogP contribution in [0.4, 0.5) is 0 Å². The van der Waals surface area contributed by atoms with Gasteiger partial charge >= 0.3 is 0 Å². The van der Waals surface area contributed by atoms with E-state index in [1.54, 1.807) is 30.3 Å². The van der Waals surface area contributed by atoms with Gasteiger partial charge in [0, 0.05) is 16.0 Å². The Balaban J connectivity index is 1.90. The van der Waals surface area contributed by atoms with E-state index in [1.807, 2.05) is 11.6 Å². The van der Waals surface area contributed by atoms with Crippen LogP contribution in [0.15, 0.2) is 62.5 Å². The van der Waals surface area contributed by atoms with Crippen molar-refractivity contribution in [1.82, 2.24) is 4.72 Å². The predicted molar refractivity (Wildman–Crippen MR) is 115 cm³/mol. The Bertz CT molecular complexity index is 1130. The maximum atomic E-state index is 12.6. The quantitative estimate of drug-likeness (QED) is 0.597. The van der Waals surface area contributed by atoms with Crippen LogP contribution in [0.1, 0.15) is 12.5 Å². The number of hydrogen-bond donors (Lipinski definition) is 1. The summed E-state index contributed by atoms with van der Waals surface area (Å²) < 4.78 is 27.5. The molecule has 2 aromatic rings. The van der Waals surface area contributed by atoms with Crippen LogP contribution < -0.4 is 4.72 Å². The summed E-state index contributed by atoms with van der Waals surface area (Å²) >= 11 is 21.4. The topological polar surface area (TPSA) is 75.6 Å². The summed E-state index contributed by atoms with van der Waals surface area (Å²) in [6.45, 7) is 1.81. The molecule has 146 valence electrons. The second kappa shape index (κ2) is 8.16. The van der Waals surface area contributed by atoms with Crippen LogP contribution in [-0.2, 0) is 14.8 Å². The first-order valence-corrected chi connectivity index (χ1v) is 11.3. The number of allylic oxidation sites excluding steroid dienone is 1. The number of nitrogens with one attached hydrogen (secondary N) is 1. The maximum absolute atomic E-state index is 12.6. The summed E-state index contributed by atoms with van der Waals surface area (Å²) in [7, 11) is -4.21. The molecular formula is C18H12BrCl3N2O3S. The second-order valence-electron chi connectivity index (χ2n) is 5.92. The van der Waals surface area contributed by atoms with E-state index in [0.717, 1.165) is 0 Å². The van der Waals surface area contributed by atoms with Gasteiger partial charge in [0.1, 0.15) is 10.6 Å². The fourth-order valence-electron chi connectivity index (χ4n) is 2.68. The van der Waals surface area contributed by atoms with Crippen molar-refractivity contribution in [3.63, 3.8) is 0 Å². The normalized spacial score (nSPS) is 16.5. The molecule has 0 unspecified atom stereocenters. The van der Waals surface area contributed by atoms with Gasteiger partial charge in [0.2, 0.25) is 0 Å². The Morgan fingerprint density at radius 3 is 2.43 bits per heavy atom. The fraction of sp³-hybridized carbons (Fsp3) is 0.111. The molecular weight excluding hydrogens is 511 g/mol. The van der Waals surface area contributed by atoms with Crippen molar-refractivity contribution in [2.75, 3.05) is 0 Å². The first-order chi connectivity index (χ1) is 13.1. The SMILES string of the molecule is C[C@H]1C=C(C(=O)NS(=O)(=O)c2c(Cl)cccc2Br)N=C1c1cccc(Cl)c1Cl. The molecule has 0 aliphatic carbocycles. The highest BCUT2D eigenvalue weighted by Crippen LogP contribution is 2.32. The zero-order chi connectivity index (χ0) is 20.6. The standard InChI is InChI=1S/C18H12BrCl3N2O3S/c1-9-8-14(23-16(9)10-4-2-6-12(20)15(10)22)18(25)24-28(26,27)17-11(19)5-3-7-13(17)21/h2-9H,1H3,(H,24,25)/t9-/m0/s1. The van der Waals surface area contributed by atoms with Gasteiger partial charge in [-0.05, 0) is 40.2 Å². The Morgan fingerprint density at radius 1 is 1.11 bits per heavy atom. The molecule has 10 heteroatoms. The number of sulfonamides is 1. The van der Waals surface area contributed by atoms with Crippen molar-refractivity contribution in [3.05, 3.63) is 73.3 Å². The maximum Gasteiger partial charge on any atom is 0.283 e. The molecule has 1 amide bonds. The number of benzene rings is 2. The summed E-state index contributed by atoms with van der Waals surface area (Å²) in [5, 5.41) is 0.661. The molecule has 1 heterocycles. The summed E-state index contributed by atoms with van der Waals surface area (Å²) in [5.74, 6) is -1.13. The first-order valence-electron chi connectivity index (χ1n) is 7.87. The van der Waals surface area contributed by atoms with Crippen LogP contribution in [0.5, 0.6) is 0 Å². The lowest BCUT2D eigenvalue weighted by molar-refractivity contribution is -0.115. The van der Waals surface area contributed by atoms with Crippen LogP contribution in [0.25, 0.3) is 0 Å². The highest BCUT2D eigenvalue weighted by Gasteiger charge is 2.29. The Kier molecular flexibility index (Phi) is 6.22. The van der Waals surface area contributed by atoms with Crippen molar-refractivity contribution < 1.29 is 13.2 Å². The summed E-state index contributed by atoms with van der Waals surface area (Å²) in [5.41, 5.74) is 1.07. The van der Waals surface area contributed by atoms with E-state index in [0.29, 0.717) is 21.3 Å². The van der Waals surface area contributed by atoms with E-state index in [2.05, 4.69) is 20.9 Å². The number of nitrogens with zero attached hydrogens (tertiary/aromatic N) is 1. The lowest BCUT2D eigenvalue weighted by atomic mass is 9.99. The molecule has 0 radical (unpaired) electrons. The number of hydrogen-bond acceptors (Lipinski definition) is 4. The van der Waals surface area contributed by atoms with Crippen LogP contribution in [0.3, 0.4) is 0 Å². The minimum absolute atomic E-state index is 0.0154. The van der Waals surface area contributed by atoms with E-state index in [4.69, 9.17) is 34.8 Å². The van der Waals surface area contributed by atoms with E-state index in [1.165, 1.54) is 12.1 Å². The Morgan fingerprint density at radius 2 is 1.75 bits per heavy atom. The summed E-state index contributed by atoms with van der Waals surface area (Å²) in [4.78, 5) is 16.6. The molecule has 3 rings (SSSR count). The molecule has 0 spiro atoms. The van der Waals surface area contributed by atoms with E-state index in [9.17, 15) is 13.2 Å². The van der Waals surface area contributed by atoms with Gasteiger partial charge in [-0.2, -0.15) is 0 Å². The van der Waals surface area contributed by atoms with Crippen LogP contribution >= 0.6 is 50.7 Å². The molecule has 0 saturated carbocycles. The molecule has 0 fully saturated rings. The van der Waals surface area contributed by atoms with Crippen molar-refractivity contribution in [2.45, 2.75) is 11.8 Å². The zero-order valence-corrected chi connectivity index (χ0v) is 18.9. The smallest absolute Gasteiger partial charge is 0.266 e. The number of carbonyl (C=O) groups excluding carboxylic acids is 1. The molecule has 2 aromatic carbocycles. The largest absolute Gasteiger partial charge is 0.283 e. The monoisotopic (exact) mass is 520 g/mol. The number of amides is 1. The fourth-order valence-corrected chi connectivity index (χ4v) is 5.78. The molecule has 1 aliphatic heterocycles. The van der Waals surface area contributed by atoms with E-state index in [-0.39, 0.29) is 26.0 Å². The average Bonchev–Trinajstić information content (AvgIpc) is 2.98. The number of aliphatic imine (C=N–C) groups is 1. The van der Waals surface area contributed by atoms with Gasteiger partial charge in [0.05, 0.1) is 20.8 Å². The van der Waals surface area contributed by atoms with Gasteiger partial charge in [-0.1, -0.05) is 59.9 Å². The molecule has 0 bridgehead atoms. The Labute approximate surface area is 185 Å². The van der Waals surface area contributed by atoms with Gasteiger partial charge in [0.25, 0.3) is 15.9 Å². The highest BCUT2D eigenvalue weighted by molar-refractivity contribution is 9.10. The van der Waals surface area contributed by atoms with Crippen LogP contribution in [0, 0.1) is 5.92 Å². The molecule has 0 saturated heterocycles. The van der Waals surface area contributed by atoms with Crippen LogP contribution in [-0.4, -0.2) is 20.0 Å². The third kappa shape index (κ3) is 4.14. The summed E-state index contributed by atoms with van der Waals surface area (Å²) in [6.07, 6.45) is 1.55. The van der Waals surface area contributed by atoms with Gasteiger partial charge < -0.3 is 0 Å². The molecule has 1 atom stereocenters. The minimum Gasteiger partial charge on any atom is -0.266 e. The molecule has 0 aromatic heterocycles. The Hall–Kier alpha value is -1.38. The average molecular weight is 523 g/mol. The third-order valence-electron chi connectivity index (χ3n) is 3.95. The number of carbonyl (C=O) groups is 1. The third-order valence-corrected chi connectivity index (χ3v) is 7.56. The van der Waals surface area contributed by atoms with Crippen molar-refractivity contribution in [3.8, 4) is 0 Å². The lowest BCUT2D eigenvalue weighted by Crippen LogP contribution is -2.31. The highest BCUT2D eigenvalue weighted by atomic mass is 79.9. The summed E-state index contributed by atoms with van der Waals surface area (Å²) in [6, 6.07) is 9.60. The lowest BCUT2D eigenvalue weighted by Gasteiger charge is -2.10. The molecule has 1 N–H and O–H groups in total. The molecule has 5 nitrogen and oxygen atoms in total. The predicted octanol–water partition coefficient (Wildman–Crippen LogP) is 5.24. The van der Waals surface area contributed by atoms with Gasteiger partial charge in [0.15, 0.2) is 0 Å². The van der Waals surface area contributed by atoms with E-state index >= 15 is 0 Å². The van der Waals surface area contributed by atoms with Crippen molar-refractivity contribution in [2.24, 2.45) is 10.9 Å². The van der Waals surface area contributed by atoms with Gasteiger partial charge in [-0.15, -0.1) is 0 Å². The van der Waals surface area contributed by atoms with Crippen LogP contribution in [0.2, 0.25) is 15.1 Å². The molecule has 1 aliphatic rings. The number of rotatable bonds is 4. The minimum atomic E-state index is -4.21. The van der Waals surface area contributed by atoms with E-state index < -0.39 is 15.9 Å². The first kappa shape index (κ1) is 21.3. The second-order valence-corrected chi connectivity index (χ2v) is 9.59. The van der Waals surface area contributed by atoms with Crippen molar-refractivity contribution >= 4 is 72.4 Å². The van der Waals surface area contributed by atoms with Gasteiger partial charge in [-0.3, -0.25) is 4.79 Å².